The van der Waals surface area contributed by atoms with E-state index in [-0.39, 0.29) is 0 Å². The number of benzene rings is 1. The number of nitrogens with zero attached hydrogens (tertiary/aromatic N) is 2. The van der Waals surface area contributed by atoms with Gasteiger partial charge in [0.15, 0.2) is 0 Å². The van der Waals surface area contributed by atoms with E-state index in [0.29, 0.717) is 16.3 Å². The van der Waals surface area contributed by atoms with Gasteiger partial charge in [-0.3, -0.25) is 9.59 Å². The van der Waals surface area contributed by atoms with Crippen LogP contribution in [0.25, 0.3) is 0 Å². The van der Waals surface area contributed by atoms with E-state index in [9.17, 15) is 9.59 Å². The summed E-state index contributed by atoms with van der Waals surface area (Å²) in [5, 5.41) is 3.10. The number of amides is 1. The van der Waals surface area contributed by atoms with Crippen LogP contribution in [0.5, 0.6) is 0 Å². The molecule has 1 aliphatic heterocycles. The Labute approximate surface area is 129 Å². The number of carbonyl (C=O) groups is 2. The monoisotopic (exact) mass is 309 g/mol. The maximum absolute atomic E-state index is 11.7. The number of rotatable bonds is 6. The lowest BCUT2D eigenvalue weighted by molar-refractivity contribution is -0.112. The second-order valence-corrected chi connectivity index (χ2v) is 5.83. The SMILES string of the molecule is CCCN(CCN(C)C)c1cc2c(cc1Cl)C(=O)C(=O)N2. The lowest BCUT2D eigenvalue weighted by Gasteiger charge is -2.27. The maximum Gasteiger partial charge on any atom is 0.296 e. The highest BCUT2D eigenvalue weighted by molar-refractivity contribution is 6.52. The van der Waals surface area contributed by atoms with Crippen LogP contribution in [0.4, 0.5) is 11.4 Å². The van der Waals surface area contributed by atoms with Crippen molar-refractivity contribution in [1.82, 2.24) is 4.90 Å². The zero-order valence-corrected chi connectivity index (χ0v) is 13.3. The highest BCUT2D eigenvalue weighted by atomic mass is 35.5. The Morgan fingerprint density at radius 3 is 2.48 bits per heavy atom. The van der Waals surface area contributed by atoms with E-state index in [4.69, 9.17) is 11.6 Å². The highest BCUT2D eigenvalue weighted by Gasteiger charge is 2.29. The van der Waals surface area contributed by atoms with Crippen molar-refractivity contribution >= 4 is 34.7 Å². The summed E-state index contributed by atoms with van der Waals surface area (Å²) in [6.07, 6.45) is 0.992. The van der Waals surface area contributed by atoms with Gasteiger partial charge in [0.05, 0.1) is 22.0 Å². The third-order valence-corrected chi connectivity index (χ3v) is 3.74. The van der Waals surface area contributed by atoms with Crippen molar-refractivity contribution in [1.29, 1.82) is 0 Å². The zero-order valence-electron chi connectivity index (χ0n) is 12.6. The van der Waals surface area contributed by atoms with Crippen LogP contribution >= 0.6 is 11.6 Å². The summed E-state index contributed by atoms with van der Waals surface area (Å²) in [5.41, 5.74) is 1.77. The molecule has 5 nitrogen and oxygen atoms in total. The molecule has 0 saturated carbocycles. The van der Waals surface area contributed by atoms with Gasteiger partial charge in [-0.15, -0.1) is 0 Å². The summed E-state index contributed by atoms with van der Waals surface area (Å²) in [6.45, 7) is 4.71. The molecule has 2 rings (SSSR count). The smallest absolute Gasteiger partial charge is 0.296 e. The number of hydrogen-bond acceptors (Lipinski definition) is 4. The van der Waals surface area contributed by atoms with Crippen LogP contribution in [0.2, 0.25) is 5.02 Å². The van der Waals surface area contributed by atoms with E-state index < -0.39 is 11.7 Å². The van der Waals surface area contributed by atoms with Crippen molar-refractivity contribution in [3.8, 4) is 0 Å². The Hall–Kier alpha value is -1.59. The topological polar surface area (TPSA) is 52.7 Å². The molecule has 0 aromatic heterocycles. The van der Waals surface area contributed by atoms with Crippen molar-refractivity contribution < 1.29 is 9.59 Å². The van der Waals surface area contributed by atoms with Gasteiger partial charge < -0.3 is 15.1 Å². The molecule has 1 heterocycles. The molecule has 0 aliphatic carbocycles. The fraction of sp³-hybridized carbons (Fsp3) is 0.467. The Kier molecular flexibility index (Phi) is 4.85. The number of ketones is 1. The number of nitrogens with one attached hydrogen (secondary N) is 1. The van der Waals surface area contributed by atoms with Crippen molar-refractivity contribution in [2.45, 2.75) is 13.3 Å². The predicted molar refractivity (Wildman–Crippen MR) is 85.5 cm³/mol. The van der Waals surface area contributed by atoms with Crippen LogP contribution in [-0.2, 0) is 4.79 Å². The second-order valence-electron chi connectivity index (χ2n) is 5.42. The average Bonchev–Trinajstić information content (AvgIpc) is 2.69. The van der Waals surface area contributed by atoms with Crippen molar-refractivity contribution in [2.75, 3.05) is 43.9 Å². The minimum Gasteiger partial charge on any atom is -0.369 e. The molecular weight excluding hydrogens is 290 g/mol. The van der Waals surface area contributed by atoms with Crippen molar-refractivity contribution in [2.24, 2.45) is 0 Å². The van der Waals surface area contributed by atoms with E-state index >= 15 is 0 Å². The summed E-state index contributed by atoms with van der Waals surface area (Å²) < 4.78 is 0. The van der Waals surface area contributed by atoms with Gasteiger partial charge in [-0.05, 0) is 32.6 Å². The quantitative estimate of drug-likeness (QED) is 0.819. The number of hydrogen-bond donors (Lipinski definition) is 1. The van der Waals surface area contributed by atoms with Crippen molar-refractivity contribution in [3.63, 3.8) is 0 Å². The lowest BCUT2D eigenvalue weighted by Crippen LogP contribution is -2.32. The van der Waals surface area contributed by atoms with E-state index in [2.05, 4.69) is 22.0 Å². The van der Waals surface area contributed by atoms with Crippen LogP contribution in [0.15, 0.2) is 12.1 Å². The van der Waals surface area contributed by atoms with Gasteiger partial charge in [-0.2, -0.15) is 0 Å². The number of fused-ring (bicyclic) bond motifs is 1. The number of likely N-dealkylation sites (N-methyl/N-ethyl adjacent to an activating group) is 1. The molecule has 1 N–H and O–H groups in total. The first-order valence-electron chi connectivity index (χ1n) is 7.03. The Morgan fingerprint density at radius 2 is 1.86 bits per heavy atom. The molecule has 1 aliphatic rings. The predicted octanol–water partition coefficient (Wildman–Crippen LogP) is 2.25. The molecule has 6 heteroatoms. The Balaban J connectivity index is 2.31. The number of Topliss-reactive ketones (excluding diaryl/α,β-unsaturated/α-hetero) is 1. The third kappa shape index (κ3) is 3.36. The normalized spacial score (nSPS) is 13.6. The van der Waals surface area contributed by atoms with Gasteiger partial charge in [-0.25, -0.2) is 0 Å². The highest BCUT2D eigenvalue weighted by Crippen LogP contribution is 2.35. The minimum atomic E-state index is -0.589. The zero-order chi connectivity index (χ0) is 15.6. The summed E-state index contributed by atoms with van der Waals surface area (Å²) >= 11 is 6.32. The van der Waals surface area contributed by atoms with Crippen molar-refractivity contribution in [3.05, 3.63) is 22.7 Å². The summed E-state index contributed by atoms with van der Waals surface area (Å²) in [7, 11) is 4.04. The fourth-order valence-electron chi connectivity index (χ4n) is 2.34. The van der Waals surface area contributed by atoms with Crippen LogP contribution in [-0.4, -0.2) is 50.3 Å². The molecule has 0 radical (unpaired) electrons. The molecule has 114 valence electrons. The van der Waals surface area contributed by atoms with Gasteiger partial charge in [0.2, 0.25) is 0 Å². The average molecular weight is 310 g/mol. The molecule has 1 aromatic carbocycles. The van der Waals surface area contributed by atoms with E-state index in [1.165, 1.54) is 0 Å². The Bertz CT molecular complexity index is 572. The molecule has 0 unspecified atom stereocenters. The van der Waals surface area contributed by atoms with Crippen LogP contribution in [0, 0.1) is 0 Å². The van der Waals surface area contributed by atoms with E-state index in [1.807, 2.05) is 14.1 Å². The van der Waals surface area contributed by atoms with E-state index in [1.54, 1.807) is 12.1 Å². The molecular formula is C15H20ClN3O2. The maximum atomic E-state index is 11.7. The molecule has 0 fully saturated rings. The van der Waals surface area contributed by atoms with Gasteiger partial charge in [-0.1, -0.05) is 18.5 Å². The first kappa shape index (κ1) is 15.8. The van der Waals surface area contributed by atoms with E-state index in [0.717, 1.165) is 31.7 Å². The van der Waals surface area contributed by atoms with Crippen LogP contribution in [0.1, 0.15) is 23.7 Å². The molecule has 1 amide bonds. The number of halogens is 1. The fourth-order valence-corrected chi connectivity index (χ4v) is 2.62. The lowest BCUT2D eigenvalue weighted by atomic mass is 10.1. The number of carbonyl (C=O) groups excluding carboxylic acids is 2. The molecule has 0 bridgehead atoms. The van der Waals surface area contributed by atoms with Gasteiger partial charge >= 0.3 is 0 Å². The first-order valence-corrected chi connectivity index (χ1v) is 7.40. The van der Waals surface area contributed by atoms with Gasteiger partial charge in [0.1, 0.15) is 0 Å². The number of anilines is 2. The summed E-state index contributed by atoms with van der Waals surface area (Å²) in [4.78, 5) is 27.4. The summed E-state index contributed by atoms with van der Waals surface area (Å²) in [5.74, 6) is -1.11. The molecule has 1 aromatic rings. The summed E-state index contributed by atoms with van der Waals surface area (Å²) in [6, 6.07) is 3.39. The van der Waals surface area contributed by atoms with Crippen LogP contribution in [0.3, 0.4) is 0 Å². The molecule has 0 atom stereocenters. The standard InChI is InChI=1S/C15H20ClN3O2/c1-4-5-19(7-6-18(2)3)13-9-12-10(8-11(13)16)14(20)15(21)17-12/h8-9H,4-7H2,1-3H3,(H,17,20,21). The minimum absolute atomic E-state index is 0.359. The largest absolute Gasteiger partial charge is 0.369 e. The molecule has 0 saturated heterocycles. The van der Waals surface area contributed by atoms with Gasteiger partial charge in [0, 0.05) is 19.6 Å². The van der Waals surface area contributed by atoms with Crippen LogP contribution < -0.4 is 10.2 Å². The molecule has 0 spiro atoms. The second kappa shape index (κ2) is 6.45. The molecule has 21 heavy (non-hydrogen) atoms. The Morgan fingerprint density at radius 1 is 1.14 bits per heavy atom. The third-order valence-electron chi connectivity index (χ3n) is 3.44. The first-order chi connectivity index (χ1) is 9.93. The van der Waals surface area contributed by atoms with Gasteiger partial charge in [0.25, 0.3) is 11.7 Å².